The summed E-state index contributed by atoms with van der Waals surface area (Å²) in [4.78, 5) is 52.7. The largest absolute Gasteiger partial charge is 0.497 e. The van der Waals surface area contributed by atoms with Crippen LogP contribution in [-0.4, -0.2) is 48.9 Å². The van der Waals surface area contributed by atoms with E-state index in [1.54, 1.807) is 30.3 Å². The van der Waals surface area contributed by atoms with Crippen LogP contribution in [0.2, 0.25) is 0 Å². The van der Waals surface area contributed by atoms with Crippen molar-refractivity contribution in [3.8, 4) is 11.8 Å². The number of carbonyl (C=O) groups excluding carboxylic acids is 4. The number of ether oxygens (including phenoxy) is 1. The Bertz CT molecular complexity index is 1550. The standard InChI is InChI=1S/C30H28BrF3N4O5S/c1-16(2)24(26(39)30(32,33)34)37-29(42)25(19-7-9-20(43-3)10-8-19)38-27(40)21(14-17-5-4-6-18(13-17)15-35)36-28(41)22-11-12-23(31)44-22/h4-13,16,21,24-25H,14H2,1-3H3,(H,36,41)(H,37,42)(H,38,40). The van der Waals surface area contributed by atoms with Crippen molar-refractivity contribution in [3.63, 3.8) is 0 Å². The number of amides is 3. The van der Waals surface area contributed by atoms with E-state index >= 15 is 0 Å². The number of methoxy groups -OCH3 is 1. The fourth-order valence-electron chi connectivity index (χ4n) is 4.17. The van der Waals surface area contributed by atoms with Gasteiger partial charge >= 0.3 is 6.18 Å². The van der Waals surface area contributed by atoms with Gasteiger partial charge in [-0.1, -0.05) is 38.1 Å². The topological polar surface area (TPSA) is 137 Å². The van der Waals surface area contributed by atoms with E-state index in [1.807, 2.05) is 6.07 Å². The molecule has 3 amide bonds. The summed E-state index contributed by atoms with van der Waals surface area (Å²) >= 11 is 4.41. The van der Waals surface area contributed by atoms with Gasteiger partial charge in [-0.25, -0.2) is 0 Å². The molecule has 44 heavy (non-hydrogen) atoms. The highest BCUT2D eigenvalue weighted by Gasteiger charge is 2.45. The summed E-state index contributed by atoms with van der Waals surface area (Å²) in [5.74, 6) is -5.14. The molecular weight excluding hydrogens is 665 g/mol. The summed E-state index contributed by atoms with van der Waals surface area (Å²) in [6.07, 6.45) is -5.29. The van der Waals surface area contributed by atoms with Gasteiger partial charge in [0.05, 0.1) is 33.4 Å². The van der Waals surface area contributed by atoms with E-state index in [2.05, 4.69) is 31.9 Å². The van der Waals surface area contributed by atoms with Crippen LogP contribution in [0.15, 0.2) is 64.5 Å². The van der Waals surface area contributed by atoms with Gasteiger partial charge in [0, 0.05) is 6.42 Å². The van der Waals surface area contributed by atoms with Crippen LogP contribution in [0.1, 0.15) is 46.3 Å². The minimum absolute atomic E-state index is 0.0855. The lowest BCUT2D eigenvalue weighted by Gasteiger charge is -2.27. The van der Waals surface area contributed by atoms with E-state index < -0.39 is 53.7 Å². The molecule has 0 radical (unpaired) electrons. The van der Waals surface area contributed by atoms with Crippen LogP contribution < -0.4 is 20.7 Å². The number of thiophene rings is 1. The zero-order valence-electron chi connectivity index (χ0n) is 23.7. The molecule has 3 rings (SSSR count). The van der Waals surface area contributed by atoms with Gasteiger partial charge in [-0.15, -0.1) is 11.3 Å². The van der Waals surface area contributed by atoms with Crippen molar-refractivity contribution >= 4 is 50.8 Å². The fourth-order valence-corrected chi connectivity index (χ4v) is 5.46. The Labute approximate surface area is 263 Å². The maximum Gasteiger partial charge on any atom is 0.452 e. The first-order valence-electron chi connectivity index (χ1n) is 13.1. The number of hydrogen-bond acceptors (Lipinski definition) is 7. The summed E-state index contributed by atoms with van der Waals surface area (Å²) in [6.45, 7) is 2.69. The molecule has 3 atom stereocenters. The lowest BCUT2D eigenvalue weighted by Crippen LogP contribution is -2.55. The van der Waals surface area contributed by atoms with Gasteiger partial charge in [0.25, 0.3) is 11.7 Å². The Hall–Kier alpha value is -4.22. The zero-order valence-corrected chi connectivity index (χ0v) is 26.1. The summed E-state index contributed by atoms with van der Waals surface area (Å²) in [6, 6.07) is 12.7. The van der Waals surface area contributed by atoms with Crippen LogP contribution in [0.4, 0.5) is 13.2 Å². The van der Waals surface area contributed by atoms with E-state index in [0.29, 0.717) is 20.7 Å². The van der Waals surface area contributed by atoms with Crippen molar-refractivity contribution < 1.29 is 37.1 Å². The van der Waals surface area contributed by atoms with Gasteiger partial charge in [0.2, 0.25) is 11.8 Å². The van der Waals surface area contributed by atoms with Crippen LogP contribution in [-0.2, 0) is 20.8 Å². The molecule has 2 aromatic carbocycles. The molecule has 0 spiro atoms. The molecule has 1 aromatic heterocycles. The number of halogens is 4. The number of carbonyl (C=O) groups is 4. The quantitative estimate of drug-likeness (QED) is 0.248. The van der Waals surface area contributed by atoms with Crippen molar-refractivity contribution in [3.05, 3.63) is 86.0 Å². The monoisotopic (exact) mass is 692 g/mol. The molecule has 3 aromatic rings. The minimum atomic E-state index is -5.20. The second-order valence-corrected chi connectivity index (χ2v) is 12.4. The van der Waals surface area contributed by atoms with Crippen LogP contribution in [0.25, 0.3) is 0 Å². The maximum absolute atomic E-state index is 13.7. The lowest BCUT2D eigenvalue weighted by atomic mass is 9.97. The Morgan fingerprint density at radius 3 is 2.20 bits per heavy atom. The van der Waals surface area contributed by atoms with Crippen molar-refractivity contribution in [1.29, 1.82) is 5.26 Å². The van der Waals surface area contributed by atoms with Gasteiger partial charge in [-0.2, -0.15) is 18.4 Å². The third-order valence-corrected chi connectivity index (χ3v) is 8.06. The molecule has 0 fully saturated rings. The van der Waals surface area contributed by atoms with Gasteiger partial charge in [0.15, 0.2) is 0 Å². The second kappa shape index (κ2) is 15.0. The summed E-state index contributed by atoms with van der Waals surface area (Å²) in [7, 11) is 1.41. The molecular formula is C30H28BrF3N4O5S. The molecule has 14 heteroatoms. The van der Waals surface area contributed by atoms with Crippen LogP contribution in [0.3, 0.4) is 0 Å². The first-order chi connectivity index (χ1) is 20.7. The van der Waals surface area contributed by atoms with Gasteiger partial charge < -0.3 is 20.7 Å². The summed E-state index contributed by atoms with van der Waals surface area (Å²) < 4.78 is 45.7. The number of Topliss-reactive ketones (excluding diaryl/α,β-unsaturated/α-hetero) is 1. The van der Waals surface area contributed by atoms with Crippen molar-refractivity contribution in [2.24, 2.45) is 5.92 Å². The Balaban J connectivity index is 1.97. The van der Waals surface area contributed by atoms with E-state index in [1.165, 1.54) is 51.3 Å². The maximum atomic E-state index is 13.7. The number of benzene rings is 2. The molecule has 3 N–H and O–H groups in total. The predicted molar refractivity (Wildman–Crippen MR) is 160 cm³/mol. The average Bonchev–Trinajstić information content (AvgIpc) is 3.43. The second-order valence-electron chi connectivity index (χ2n) is 9.95. The minimum Gasteiger partial charge on any atom is -0.497 e. The van der Waals surface area contributed by atoms with E-state index in [0.717, 1.165) is 11.3 Å². The molecule has 0 saturated heterocycles. The number of nitrogens with zero attached hydrogens (tertiary/aromatic N) is 1. The molecule has 3 unspecified atom stereocenters. The van der Waals surface area contributed by atoms with Crippen molar-refractivity contribution in [2.45, 2.75) is 44.6 Å². The highest BCUT2D eigenvalue weighted by atomic mass is 79.9. The number of hydrogen-bond donors (Lipinski definition) is 3. The fraction of sp³-hybridized carbons (Fsp3) is 0.300. The smallest absolute Gasteiger partial charge is 0.452 e. The van der Waals surface area contributed by atoms with Gasteiger partial charge in [-0.05, 0) is 69.4 Å². The van der Waals surface area contributed by atoms with E-state index in [9.17, 15) is 37.6 Å². The molecule has 232 valence electrons. The van der Waals surface area contributed by atoms with Gasteiger partial charge in [-0.3, -0.25) is 19.2 Å². The predicted octanol–water partition coefficient (Wildman–Crippen LogP) is 4.86. The van der Waals surface area contributed by atoms with Gasteiger partial charge in [0.1, 0.15) is 17.8 Å². The number of alkyl halides is 3. The number of nitrogens with one attached hydrogen (secondary N) is 3. The number of nitriles is 1. The molecule has 0 aliphatic heterocycles. The Morgan fingerprint density at radius 2 is 1.66 bits per heavy atom. The highest BCUT2D eigenvalue weighted by Crippen LogP contribution is 2.24. The van der Waals surface area contributed by atoms with Crippen LogP contribution in [0.5, 0.6) is 5.75 Å². The third kappa shape index (κ3) is 9.14. The highest BCUT2D eigenvalue weighted by molar-refractivity contribution is 9.11. The van der Waals surface area contributed by atoms with E-state index in [-0.39, 0.29) is 16.9 Å². The molecule has 0 saturated carbocycles. The molecule has 9 nitrogen and oxygen atoms in total. The third-order valence-electron chi connectivity index (χ3n) is 6.44. The molecule has 0 bridgehead atoms. The Morgan fingerprint density at radius 1 is 0.977 bits per heavy atom. The number of ketones is 1. The van der Waals surface area contributed by atoms with Crippen LogP contribution in [0, 0.1) is 17.2 Å². The summed E-state index contributed by atoms with van der Waals surface area (Å²) in [5, 5.41) is 16.6. The van der Waals surface area contributed by atoms with E-state index in [4.69, 9.17) is 4.74 Å². The SMILES string of the molecule is COc1ccc(C(NC(=O)C(Cc2cccc(C#N)c2)NC(=O)c2ccc(Br)s2)C(=O)NC(C(=O)C(F)(F)F)C(C)C)cc1. The van der Waals surface area contributed by atoms with Crippen molar-refractivity contribution in [1.82, 2.24) is 16.0 Å². The summed E-state index contributed by atoms with van der Waals surface area (Å²) in [5.41, 5.74) is 1.02. The molecule has 0 aliphatic carbocycles. The number of rotatable bonds is 12. The zero-order chi connectivity index (χ0) is 32.6. The van der Waals surface area contributed by atoms with Crippen LogP contribution >= 0.6 is 27.3 Å². The molecule has 0 aliphatic rings. The average molecular weight is 694 g/mol. The molecule has 1 heterocycles. The normalized spacial score (nSPS) is 13.2. The first-order valence-corrected chi connectivity index (χ1v) is 14.8. The van der Waals surface area contributed by atoms with Crippen molar-refractivity contribution in [2.75, 3.05) is 7.11 Å². The lowest BCUT2D eigenvalue weighted by molar-refractivity contribution is -0.175. The Kier molecular flexibility index (Phi) is 11.7. The first kappa shape index (κ1) is 34.3.